The summed E-state index contributed by atoms with van der Waals surface area (Å²) in [5.74, 6) is 2.82. The molecule has 0 atom stereocenters. The standard InChI is InChI=1S/C12H16FN.C8H8O3/c1-14-8-6-11(7-9-14)10-2-4-12(13)5-3-10;1-9-6-2-3-7-8(4-6)11-5-10-7/h2-5,11H,6-9H2,1H3;2-4H,5H2,1H3. The maximum atomic E-state index is 12.7. The number of benzene rings is 2. The van der Waals surface area contributed by atoms with E-state index in [2.05, 4.69) is 11.9 Å². The summed E-state index contributed by atoms with van der Waals surface area (Å²) in [5.41, 5.74) is 1.29. The van der Waals surface area contributed by atoms with Gasteiger partial charge in [0.2, 0.25) is 6.79 Å². The van der Waals surface area contributed by atoms with Crippen LogP contribution in [0, 0.1) is 5.82 Å². The number of hydrogen-bond donors (Lipinski definition) is 0. The molecule has 2 aromatic carbocycles. The molecule has 0 aromatic heterocycles. The highest BCUT2D eigenvalue weighted by atomic mass is 19.1. The summed E-state index contributed by atoms with van der Waals surface area (Å²) in [5, 5.41) is 0. The molecule has 0 bridgehead atoms. The number of nitrogens with zero attached hydrogens (tertiary/aromatic N) is 1. The number of hydrogen-bond acceptors (Lipinski definition) is 4. The zero-order valence-corrected chi connectivity index (χ0v) is 14.7. The van der Waals surface area contributed by atoms with E-state index >= 15 is 0 Å². The van der Waals surface area contributed by atoms with Crippen LogP contribution in [-0.4, -0.2) is 38.9 Å². The minimum Gasteiger partial charge on any atom is -0.497 e. The molecule has 0 aliphatic carbocycles. The molecule has 1 fully saturated rings. The largest absolute Gasteiger partial charge is 0.497 e. The lowest BCUT2D eigenvalue weighted by molar-refractivity contribution is 0.174. The van der Waals surface area contributed by atoms with Gasteiger partial charge in [0.15, 0.2) is 11.5 Å². The van der Waals surface area contributed by atoms with E-state index in [-0.39, 0.29) is 5.82 Å². The smallest absolute Gasteiger partial charge is 0.231 e. The second-order valence-electron chi connectivity index (χ2n) is 6.35. The summed E-state index contributed by atoms with van der Waals surface area (Å²) >= 11 is 0. The molecule has 0 amide bonds. The van der Waals surface area contributed by atoms with E-state index < -0.39 is 0 Å². The number of rotatable bonds is 2. The highest BCUT2D eigenvalue weighted by Crippen LogP contribution is 2.34. The fourth-order valence-corrected chi connectivity index (χ4v) is 3.08. The Morgan fingerprint density at radius 3 is 2.36 bits per heavy atom. The second-order valence-corrected chi connectivity index (χ2v) is 6.35. The van der Waals surface area contributed by atoms with Crippen molar-refractivity contribution in [1.82, 2.24) is 4.90 Å². The first-order valence-corrected chi connectivity index (χ1v) is 8.53. The first kappa shape index (κ1) is 17.5. The lowest BCUT2D eigenvalue weighted by atomic mass is 9.90. The summed E-state index contributed by atoms with van der Waals surface area (Å²) in [7, 11) is 3.78. The van der Waals surface area contributed by atoms with Crippen LogP contribution in [0.25, 0.3) is 0 Å². The summed E-state index contributed by atoms with van der Waals surface area (Å²) in [6.07, 6.45) is 2.39. The summed E-state index contributed by atoms with van der Waals surface area (Å²) in [6, 6.07) is 12.5. The average molecular weight is 345 g/mol. The molecule has 0 radical (unpaired) electrons. The number of piperidine rings is 1. The summed E-state index contributed by atoms with van der Waals surface area (Å²) < 4.78 is 28.0. The Balaban J connectivity index is 0.000000150. The van der Waals surface area contributed by atoms with Gasteiger partial charge in [0, 0.05) is 6.07 Å². The van der Waals surface area contributed by atoms with E-state index in [0.29, 0.717) is 12.7 Å². The highest BCUT2D eigenvalue weighted by molar-refractivity contribution is 5.46. The van der Waals surface area contributed by atoms with Crippen molar-refractivity contribution >= 4 is 0 Å². The van der Waals surface area contributed by atoms with Crippen molar-refractivity contribution < 1.29 is 18.6 Å². The summed E-state index contributed by atoms with van der Waals surface area (Å²) in [6.45, 7) is 2.62. The van der Waals surface area contributed by atoms with E-state index in [4.69, 9.17) is 14.2 Å². The van der Waals surface area contributed by atoms with E-state index in [1.54, 1.807) is 19.2 Å². The van der Waals surface area contributed by atoms with Crippen molar-refractivity contribution in [2.75, 3.05) is 34.0 Å². The maximum absolute atomic E-state index is 12.7. The van der Waals surface area contributed by atoms with Gasteiger partial charge in [0.05, 0.1) is 7.11 Å². The maximum Gasteiger partial charge on any atom is 0.231 e. The monoisotopic (exact) mass is 345 g/mol. The molecule has 2 aromatic rings. The third-order valence-electron chi connectivity index (χ3n) is 4.64. The van der Waals surface area contributed by atoms with Crippen LogP contribution in [0.5, 0.6) is 17.2 Å². The third-order valence-corrected chi connectivity index (χ3v) is 4.64. The first-order chi connectivity index (χ1) is 12.2. The zero-order chi connectivity index (χ0) is 17.6. The number of fused-ring (bicyclic) bond motifs is 1. The van der Waals surface area contributed by atoms with Gasteiger partial charge in [-0.3, -0.25) is 0 Å². The van der Waals surface area contributed by atoms with Crippen LogP contribution < -0.4 is 14.2 Å². The number of ether oxygens (including phenoxy) is 3. The normalized spacial score (nSPS) is 16.9. The number of likely N-dealkylation sites (tertiary alicyclic amines) is 1. The molecule has 1 saturated heterocycles. The molecule has 0 unspecified atom stereocenters. The van der Waals surface area contributed by atoms with E-state index in [9.17, 15) is 4.39 Å². The predicted octanol–water partition coefficient (Wildman–Crippen LogP) is 4.06. The molecule has 0 N–H and O–H groups in total. The fourth-order valence-electron chi connectivity index (χ4n) is 3.08. The molecule has 4 rings (SSSR count). The zero-order valence-electron chi connectivity index (χ0n) is 14.7. The van der Waals surface area contributed by atoms with Gasteiger partial charge in [0.25, 0.3) is 0 Å². The molecular weight excluding hydrogens is 321 g/mol. The Morgan fingerprint density at radius 2 is 1.68 bits per heavy atom. The Labute approximate surface area is 148 Å². The third kappa shape index (κ3) is 4.63. The van der Waals surface area contributed by atoms with Gasteiger partial charge in [0.1, 0.15) is 11.6 Å². The van der Waals surface area contributed by atoms with Gasteiger partial charge in [-0.2, -0.15) is 0 Å². The fraction of sp³-hybridized carbons (Fsp3) is 0.400. The molecule has 0 saturated carbocycles. The van der Waals surface area contributed by atoms with Crippen LogP contribution in [0.4, 0.5) is 4.39 Å². The van der Waals surface area contributed by atoms with Crippen molar-refractivity contribution in [3.8, 4) is 17.2 Å². The average Bonchev–Trinajstić information content (AvgIpc) is 3.11. The van der Waals surface area contributed by atoms with Gasteiger partial charge in [-0.1, -0.05) is 12.1 Å². The lowest BCUT2D eigenvalue weighted by Crippen LogP contribution is -2.29. The van der Waals surface area contributed by atoms with Gasteiger partial charge in [-0.15, -0.1) is 0 Å². The molecular formula is C20H24FNO3. The van der Waals surface area contributed by atoms with Gasteiger partial charge in [-0.25, -0.2) is 4.39 Å². The molecule has 25 heavy (non-hydrogen) atoms. The van der Waals surface area contributed by atoms with Crippen LogP contribution in [-0.2, 0) is 0 Å². The van der Waals surface area contributed by atoms with Gasteiger partial charge < -0.3 is 19.1 Å². The predicted molar refractivity (Wildman–Crippen MR) is 95.0 cm³/mol. The molecule has 0 spiro atoms. The van der Waals surface area contributed by atoms with Crippen molar-refractivity contribution in [1.29, 1.82) is 0 Å². The minimum absolute atomic E-state index is 0.137. The van der Waals surface area contributed by atoms with Crippen molar-refractivity contribution in [3.05, 3.63) is 53.8 Å². The van der Waals surface area contributed by atoms with Crippen LogP contribution in [0.3, 0.4) is 0 Å². The quantitative estimate of drug-likeness (QED) is 0.821. The number of methoxy groups -OCH3 is 1. The summed E-state index contributed by atoms with van der Waals surface area (Å²) in [4.78, 5) is 2.35. The molecule has 134 valence electrons. The van der Waals surface area contributed by atoms with Crippen LogP contribution in [0.15, 0.2) is 42.5 Å². The van der Waals surface area contributed by atoms with E-state index in [0.717, 1.165) is 30.3 Å². The highest BCUT2D eigenvalue weighted by Gasteiger charge is 2.17. The SMILES string of the molecule is CN1CCC(c2ccc(F)cc2)CC1.COc1ccc2c(c1)OCO2. The van der Waals surface area contributed by atoms with Crippen molar-refractivity contribution in [3.63, 3.8) is 0 Å². The minimum atomic E-state index is -0.137. The Kier molecular flexibility index (Phi) is 5.76. The second kappa shape index (κ2) is 8.21. The lowest BCUT2D eigenvalue weighted by Gasteiger charge is -2.29. The molecule has 2 heterocycles. The van der Waals surface area contributed by atoms with Crippen LogP contribution in [0.2, 0.25) is 0 Å². The first-order valence-electron chi connectivity index (χ1n) is 8.53. The molecule has 2 aliphatic heterocycles. The van der Waals surface area contributed by atoms with E-state index in [1.807, 2.05) is 30.3 Å². The topological polar surface area (TPSA) is 30.9 Å². The van der Waals surface area contributed by atoms with E-state index in [1.165, 1.54) is 18.4 Å². The van der Waals surface area contributed by atoms with Crippen molar-refractivity contribution in [2.24, 2.45) is 0 Å². The molecule has 4 nitrogen and oxygen atoms in total. The Hall–Kier alpha value is -2.27. The molecule has 5 heteroatoms. The van der Waals surface area contributed by atoms with Gasteiger partial charge in [-0.05, 0) is 68.7 Å². The molecule has 2 aliphatic rings. The van der Waals surface area contributed by atoms with Crippen LogP contribution in [0.1, 0.15) is 24.3 Å². The van der Waals surface area contributed by atoms with Crippen LogP contribution >= 0.6 is 0 Å². The van der Waals surface area contributed by atoms with Gasteiger partial charge >= 0.3 is 0 Å². The van der Waals surface area contributed by atoms with Crippen molar-refractivity contribution in [2.45, 2.75) is 18.8 Å². The number of halogens is 1. The Morgan fingerprint density at radius 1 is 1.00 bits per heavy atom. The Bertz CT molecular complexity index is 682.